The Kier molecular flexibility index (Phi) is 9.09. The smallest absolute Gasteiger partial charge is 0.262 e. The molecular weight excluding hydrogens is 550 g/mol. The van der Waals surface area contributed by atoms with Crippen LogP contribution in [0.2, 0.25) is 0 Å². The van der Waals surface area contributed by atoms with E-state index in [1.54, 1.807) is 6.21 Å². The van der Waals surface area contributed by atoms with E-state index in [2.05, 4.69) is 31.8 Å². The number of carbonyl (C=O) groups is 2. The first-order valence-electron chi connectivity index (χ1n) is 11.9. The van der Waals surface area contributed by atoms with E-state index in [0.29, 0.717) is 12.4 Å². The molecule has 0 radical (unpaired) electrons. The predicted octanol–water partition coefficient (Wildman–Crippen LogP) is 6.08. The maximum atomic E-state index is 12.9. The lowest BCUT2D eigenvalue weighted by Crippen LogP contribution is -2.49. The van der Waals surface area contributed by atoms with Crippen LogP contribution in [-0.2, 0) is 22.6 Å². The summed E-state index contributed by atoms with van der Waals surface area (Å²) in [4.78, 5) is 26.4. The van der Waals surface area contributed by atoms with Crippen molar-refractivity contribution in [1.29, 1.82) is 0 Å². The number of amides is 2. The number of nitrogens with zero attached hydrogens (tertiary/aromatic N) is 1. The third kappa shape index (κ3) is 7.27. The van der Waals surface area contributed by atoms with Gasteiger partial charge in [0.1, 0.15) is 18.4 Å². The Labute approximate surface area is 228 Å². The molecule has 3 aromatic carbocycles. The lowest BCUT2D eigenvalue weighted by atomic mass is 10.0. The average molecular weight is 579 g/mol. The molecule has 0 saturated carbocycles. The summed E-state index contributed by atoms with van der Waals surface area (Å²) < 4.78 is 7.15. The molecule has 1 atom stereocenters. The molecular formula is C29H28BrN3O3S. The summed E-state index contributed by atoms with van der Waals surface area (Å²) in [6.07, 6.45) is 1.84. The van der Waals surface area contributed by atoms with Gasteiger partial charge in [-0.3, -0.25) is 9.59 Å². The fourth-order valence-electron chi connectivity index (χ4n) is 3.84. The molecule has 2 amide bonds. The molecule has 1 heterocycles. The van der Waals surface area contributed by atoms with Gasteiger partial charge in [-0.25, -0.2) is 5.43 Å². The van der Waals surface area contributed by atoms with Crippen LogP contribution >= 0.6 is 27.3 Å². The quantitative estimate of drug-likeness (QED) is 0.177. The Bertz CT molecular complexity index is 1390. The monoisotopic (exact) mass is 577 g/mol. The maximum absolute atomic E-state index is 12.9. The molecule has 0 bridgehead atoms. The number of benzene rings is 3. The van der Waals surface area contributed by atoms with Crippen molar-refractivity contribution in [2.75, 3.05) is 0 Å². The standard InChI is InChI=1S/C29H28BrN3O3S/c1-19(2)28(32-27(34)16-23-7-5-15-37-23)29(35)33-31-17-25-24-8-4-3-6-21(24)11-14-26(25)36-18-20-9-12-22(30)13-10-20/h3-15,17,19,28H,16,18H2,1-2H3,(H,32,34)(H,33,35)/b31-17+/t28-/m0/s1. The second-order valence-corrected chi connectivity index (χ2v) is 10.8. The SMILES string of the molecule is CC(C)[C@H](NC(=O)Cc1cccs1)C(=O)N/N=C/c1c(OCc2ccc(Br)cc2)ccc2ccccc12. The lowest BCUT2D eigenvalue weighted by molar-refractivity contribution is -0.129. The van der Waals surface area contributed by atoms with E-state index in [4.69, 9.17) is 4.74 Å². The van der Waals surface area contributed by atoms with Crippen molar-refractivity contribution in [2.24, 2.45) is 11.0 Å². The van der Waals surface area contributed by atoms with Crippen LogP contribution in [0.3, 0.4) is 0 Å². The Morgan fingerprint density at radius 2 is 1.81 bits per heavy atom. The highest BCUT2D eigenvalue weighted by Crippen LogP contribution is 2.27. The number of rotatable bonds is 10. The van der Waals surface area contributed by atoms with Crippen LogP contribution in [0.5, 0.6) is 5.75 Å². The zero-order valence-corrected chi connectivity index (χ0v) is 23.0. The molecule has 1 aromatic heterocycles. The van der Waals surface area contributed by atoms with Crippen molar-refractivity contribution in [2.45, 2.75) is 32.9 Å². The average Bonchev–Trinajstić information content (AvgIpc) is 3.40. The molecule has 0 saturated heterocycles. The summed E-state index contributed by atoms with van der Waals surface area (Å²) in [5.41, 5.74) is 4.40. The number of ether oxygens (including phenoxy) is 1. The second kappa shape index (κ2) is 12.7. The highest BCUT2D eigenvalue weighted by Gasteiger charge is 2.24. The van der Waals surface area contributed by atoms with Crippen molar-refractivity contribution < 1.29 is 14.3 Å². The van der Waals surface area contributed by atoms with Crippen LogP contribution in [0, 0.1) is 5.92 Å². The summed E-state index contributed by atoms with van der Waals surface area (Å²) in [5, 5.41) is 11.0. The lowest BCUT2D eigenvalue weighted by Gasteiger charge is -2.20. The van der Waals surface area contributed by atoms with Gasteiger partial charge in [0.2, 0.25) is 5.91 Å². The summed E-state index contributed by atoms with van der Waals surface area (Å²) >= 11 is 4.96. The van der Waals surface area contributed by atoms with Gasteiger partial charge in [0.05, 0.1) is 12.6 Å². The summed E-state index contributed by atoms with van der Waals surface area (Å²) in [5.74, 6) is -0.0181. The largest absolute Gasteiger partial charge is 0.488 e. The molecule has 2 N–H and O–H groups in total. The Hall–Kier alpha value is -3.49. The summed E-state index contributed by atoms with van der Waals surface area (Å²) in [6, 6.07) is 22.9. The highest BCUT2D eigenvalue weighted by atomic mass is 79.9. The van der Waals surface area contributed by atoms with Crippen molar-refractivity contribution in [3.63, 3.8) is 0 Å². The Morgan fingerprint density at radius 3 is 2.54 bits per heavy atom. The van der Waals surface area contributed by atoms with E-state index in [1.165, 1.54) is 11.3 Å². The minimum absolute atomic E-state index is 0.107. The minimum atomic E-state index is -0.703. The molecule has 0 unspecified atom stereocenters. The number of hydrazone groups is 1. The Morgan fingerprint density at radius 1 is 1.03 bits per heavy atom. The topological polar surface area (TPSA) is 79.8 Å². The first-order valence-corrected chi connectivity index (χ1v) is 13.6. The molecule has 0 aliphatic carbocycles. The summed E-state index contributed by atoms with van der Waals surface area (Å²) in [6.45, 7) is 4.17. The molecule has 0 aliphatic rings. The van der Waals surface area contributed by atoms with Gasteiger partial charge in [-0.15, -0.1) is 11.3 Å². The molecule has 190 valence electrons. The number of fused-ring (bicyclic) bond motifs is 1. The van der Waals surface area contributed by atoms with Crippen LogP contribution in [0.1, 0.15) is 29.9 Å². The minimum Gasteiger partial charge on any atom is -0.488 e. The van der Waals surface area contributed by atoms with E-state index in [-0.39, 0.29) is 24.2 Å². The molecule has 0 aliphatic heterocycles. The number of halogens is 1. The molecule has 4 aromatic rings. The molecule has 4 rings (SSSR count). The number of thiophene rings is 1. The number of nitrogens with one attached hydrogen (secondary N) is 2. The molecule has 0 spiro atoms. The van der Waals surface area contributed by atoms with E-state index in [0.717, 1.165) is 31.2 Å². The van der Waals surface area contributed by atoms with E-state index in [1.807, 2.05) is 92.0 Å². The van der Waals surface area contributed by atoms with Gasteiger partial charge in [0, 0.05) is 14.9 Å². The maximum Gasteiger partial charge on any atom is 0.262 e. The third-order valence-corrected chi connectivity index (χ3v) is 7.19. The fourth-order valence-corrected chi connectivity index (χ4v) is 4.80. The zero-order valence-electron chi connectivity index (χ0n) is 20.6. The van der Waals surface area contributed by atoms with Gasteiger partial charge in [-0.2, -0.15) is 5.10 Å². The van der Waals surface area contributed by atoms with Crippen LogP contribution in [-0.4, -0.2) is 24.1 Å². The van der Waals surface area contributed by atoms with E-state index in [9.17, 15) is 9.59 Å². The van der Waals surface area contributed by atoms with Gasteiger partial charge in [0.25, 0.3) is 5.91 Å². The van der Waals surface area contributed by atoms with Crippen molar-refractivity contribution in [1.82, 2.24) is 10.7 Å². The highest BCUT2D eigenvalue weighted by molar-refractivity contribution is 9.10. The van der Waals surface area contributed by atoms with Crippen molar-refractivity contribution in [3.8, 4) is 5.75 Å². The first kappa shape index (κ1) is 26.6. The predicted molar refractivity (Wildman–Crippen MR) is 153 cm³/mol. The molecule has 6 nitrogen and oxygen atoms in total. The second-order valence-electron chi connectivity index (χ2n) is 8.89. The van der Waals surface area contributed by atoms with Gasteiger partial charge < -0.3 is 10.1 Å². The van der Waals surface area contributed by atoms with Crippen LogP contribution in [0.15, 0.2) is 87.8 Å². The van der Waals surface area contributed by atoms with E-state index < -0.39 is 6.04 Å². The third-order valence-electron chi connectivity index (χ3n) is 5.79. The number of carbonyl (C=O) groups excluding carboxylic acids is 2. The van der Waals surface area contributed by atoms with Gasteiger partial charge in [0.15, 0.2) is 0 Å². The first-order chi connectivity index (χ1) is 17.9. The van der Waals surface area contributed by atoms with Crippen molar-refractivity contribution in [3.05, 3.63) is 98.7 Å². The normalized spacial score (nSPS) is 12.1. The summed E-state index contributed by atoms with van der Waals surface area (Å²) in [7, 11) is 0. The van der Waals surface area contributed by atoms with Gasteiger partial charge in [-0.05, 0) is 51.9 Å². The molecule has 8 heteroatoms. The van der Waals surface area contributed by atoms with E-state index >= 15 is 0 Å². The number of hydrogen-bond donors (Lipinski definition) is 2. The van der Waals surface area contributed by atoms with Gasteiger partial charge >= 0.3 is 0 Å². The van der Waals surface area contributed by atoms with Gasteiger partial charge in [-0.1, -0.05) is 78.3 Å². The Balaban J connectivity index is 1.48. The van der Waals surface area contributed by atoms with Crippen LogP contribution in [0.25, 0.3) is 10.8 Å². The van der Waals surface area contributed by atoms with Crippen LogP contribution in [0.4, 0.5) is 0 Å². The molecule has 0 fully saturated rings. The van der Waals surface area contributed by atoms with Crippen LogP contribution < -0.4 is 15.5 Å². The zero-order chi connectivity index (χ0) is 26.2. The number of hydrogen-bond acceptors (Lipinski definition) is 5. The van der Waals surface area contributed by atoms with Crippen molar-refractivity contribution >= 4 is 56.1 Å². The molecule has 37 heavy (non-hydrogen) atoms. The fraction of sp³-hybridized carbons (Fsp3) is 0.207.